The fraction of sp³-hybridized carbons (Fsp3) is 0.143. The molecule has 0 unspecified atom stereocenters. The second-order valence-electron chi connectivity index (χ2n) is 5.99. The number of rotatable bonds is 6. The second-order valence-corrected chi connectivity index (χ2v) is 5.99. The van der Waals surface area contributed by atoms with Gasteiger partial charge in [-0.2, -0.15) is 0 Å². The fourth-order valence-corrected chi connectivity index (χ4v) is 2.66. The number of nitrogens with one attached hydrogen (secondary N) is 1. The molecule has 27 heavy (non-hydrogen) atoms. The lowest BCUT2D eigenvalue weighted by molar-refractivity contribution is -0.114. The van der Waals surface area contributed by atoms with Crippen LogP contribution in [0.5, 0.6) is 11.5 Å². The Balaban J connectivity index is 2.11. The van der Waals surface area contributed by atoms with Gasteiger partial charge in [-0.15, -0.1) is 0 Å². The Morgan fingerprint density at radius 1 is 0.963 bits per heavy atom. The number of aromatic amines is 1. The van der Waals surface area contributed by atoms with Gasteiger partial charge < -0.3 is 20.2 Å². The number of carbonyl (C=O) groups excluding carboxylic acids is 1. The number of carbonyl (C=O) groups is 1. The smallest absolute Gasteiger partial charge is 0.244 e. The Bertz CT molecular complexity index is 906. The highest BCUT2D eigenvalue weighted by Crippen LogP contribution is 2.32. The molecule has 6 heteroatoms. The maximum atomic E-state index is 11.4. The van der Waals surface area contributed by atoms with Crippen LogP contribution in [0.1, 0.15) is 12.7 Å². The van der Waals surface area contributed by atoms with Crippen LogP contribution in [0.2, 0.25) is 0 Å². The number of amides is 1. The number of nitrogens with zero attached hydrogens (tertiary/aromatic N) is 1. The first kappa shape index (κ1) is 18.3. The molecule has 0 aliphatic rings. The van der Waals surface area contributed by atoms with Crippen molar-refractivity contribution < 1.29 is 14.3 Å². The quantitative estimate of drug-likeness (QED) is 0.654. The van der Waals surface area contributed by atoms with Gasteiger partial charge in [0.15, 0.2) is 0 Å². The van der Waals surface area contributed by atoms with Gasteiger partial charge in [0.1, 0.15) is 17.3 Å². The van der Waals surface area contributed by atoms with E-state index in [1.54, 1.807) is 27.2 Å². The van der Waals surface area contributed by atoms with Gasteiger partial charge in [-0.25, -0.2) is 4.98 Å². The molecule has 3 aromatic rings. The first-order chi connectivity index (χ1) is 13.0. The van der Waals surface area contributed by atoms with Crippen molar-refractivity contribution in [2.24, 2.45) is 5.73 Å². The molecule has 0 aliphatic heterocycles. The van der Waals surface area contributed by atoms with Crippen molar-refractivity contribution in [3.8, 4) is 34.0 Å². The number of benzene rings is 2. The summed E-state index contributed by atoms with van der Waals surface area (Å²) in [5, 5.41) is 0. The minimum Gasteiger partial charge on any atom is -0.497 e. The molecule has 0 fully saturated rings. The van der Waals surface area contributed by atoms with E-state index in [2.05, 4.69) is 9.97 Å². The van der Waals surface area contributed by atoms with Crippen LogP contribution in [0.3, 0.4) is 0 Å². The number of primary amides is 1. The third kappa shape index (κ3) is 4.00. The van der Waals surface area contributed by atoms with Gasteiger partial charge in [0, 0.05) is 16.7 Å². The molecule has 0 saturated carbocycles. The van der Waals surface area contributed by atoms with E-state index in [1.807, 2.05) is 48.5 Å². The highest BCUT2D eigenvalue weighted by atomic mass is 16.5. The number of H-pyrrole nitrogens is 1. The molecule has 0 spiro atoms. The molecule has 0 aliphatic carbocycles. The standard InChI is InChI=1S/C21H21N3O3/c1-13(21(22)25)12-18-23-19(14-4-8-16(26-2)9-5-14)20(24-18)15-6-10-17(27-3)11-7-15/h4-12H,1-3H3,(H2,22,25)(H,23,24)/b13-12+. The SMILES string of the molecule is COc1ccc(-c2nc(/C=C(\C)C(N)=O)[nH]c2-c2ccc(OC)cc2)cc1. The van der Waals surface area contributed by atoms with E-state index in [0.717, 1.165) is 34.0 Å². The van der Waals surface area contributed by atoms with Crippen molar-refractivity contribution in [3.63, 3.8) is 0 Å². The van der Waals surface area contributed by atoms with E-state index in [1.165, 1.54) is 0 Å². The summed E-state index contributed by atoms with van der Waals surface area (Å²) in [5.41, 5.74) is 9.24. The van der Waals surface area contributed by atoms with Crippen molar-refractivity contribution >= 4 is 12.0 Å². The summed E-state index contributed by atoms with van der Waals surface area (Å²) in [6.07, 6.45) is 1.64. The number of aromatic nitrogens is 2. The Labute approximate surface area is 157 Å². The molecule has 6 nitrogen and oxygen atoms in total. The predicted molar refractivity (Wildman–Crippen MR) is 105 cm³/mol. The number of methoxy groups -OCH3 is 2. The van der Waals surface area contributed by atoms with Gasteiger partial charge >= 0.3 is 0 Å². The lowest BCUT2D eigenvalue weighted by Crippen LogP contribution is -2.11. The largest absolute Gasteiger partial charge is 0.497 e. The Kier molecular flexibility index (Phi) is 5.26. The zero-order valence-corrected chi connectivity index (χ0v) is 15.4. The minimum absolute atomic E-state index is 0.423. The van der Waals surface area contributed by atoms with E-state index in [-0.39, 0.29) is 0 Å². The summed E-state index contributed by atoms with van der Waals surface area (Å²) in [6.45, 7) is 1.66. The Morgan fingerprint density at radius 3 is 1.96 bits per heavy atom. The molecule has 0 bridgehead atoms. The van der Waals surface area contributed by atoms with Crippen LogP contribution in [0, 0.1) is 0 Å². The average molecular weight is 363 g/mol. The molecule has 138 valence electrons. The first-order valence-electron chi connectivity index (χ1n) is 8.38. The molecule has 1 aromatic heterocycles. The highest BCUT2D eigenvalue weighted by Gasteiger charge is 2.14. The second kappa shape index (κ2) is 7.78. The zero-order chi connectivity index (χ0) is 19.4. The summed E-state index contributed by atoms with van der Waals surface area (Å²) in [4.78, 5) is 19.3. The number of hydrogen-bond donors (Lipinski definition) is 2. The Morgan fingerprint density at radius 2 is 1.48 bits per heavy atom. The van der Waals surface area contributed by atoms with Crippen molar-refractivity contribution in [1.82, 2.24) is 9.97 Å². The number of imidazole rings is 1. The van der Waals surface area contributed by atoms with Gasteiger partial charge in [-0.1, -0.05) is 0 Å². The number of hydrogen-bond acceptors (Lipinski definition) is 4. The predicted octanol–water partition coefficient (Wildman–Crippen LogP) is 3.65. The minimum atomic E-state index is -0.483. The molecule has 1 amide bonds. The average Bonchev–Trinajstić information content (AvgIpc) is 3.11. The topological polar surface area (TPSA) is 90.2 Å². The van der Waals surface area contributed by atoms with E-state index in [0.29, 0.717) is 11.4 Å². The summed E-state index contributed by atoms with van der Waals surface area (Å²) in [5.74, 6) is 1.62. The van der Waals surface area contributed by atoms with Crippen LogP contribution in [-0.2, 0) is 4.79 Å². The van der Waals surface area contributed by atoms with Gasteiger partial charge in [0.25, 0.3) is 0 Å². The molecule has 0 atom stereocenters. The maximum Gasteiger partial charge on any atom is 0.244 e. The molecule has 0 radical (unpaired) electrons. The van der Waals surface area contributed by atoms with Gasteiger partial charge in [-0.05, 0) is 61.5 Å². The summed E-state index contributed by atoms with van der Waals surface area (Å²) in [6, 6.07) is 15.3. The van der Waals surface area contributed by atoms with E-state index in [4.69, 9.17) is 15.2 Å². The summed E-state index contributed by atoms with van der Waals surface area (Å²) < 4.78 is 10.5. The fourth-order valence-electron chi connectivity index (χ4n) is 2.66. The lowest BCUT2D eigenvalue weighted by Gasteiger charge is -2.06. The van der Waals surface area contributed by atoms with Crippen LogP contribution in [0.25, 0.3) is 28.6 Å². The van der Waals surface area contributed by atoms with Crippen LogP contribution >= 0.6 is 0 Å². The van der Waals surface area contributed by atoms with Crippen LogP contribution in [-0.4, -0.2) is 30.1 Å². The van der Waals surface area contributed by atoms with Crippen LogP contribution in [0.15, 0.2) is 54.1 Å². The highest BCUT2D eigenvalue weighted by molar-refractivity contribution is 5.95. The van der Waals surface area contributed by atoms with Crippen LogP contribution in [0.4, 0.5) is 0 Å². The van der Waals surface area contributed by atoms with E-state index < -0.39 is 5.91 Å². The summed E-state index contributed by atoms with van der Waals surface area (Å²) >= 11 is 0. The third-order valence-electron chi connectivity index (χ3n) is 4.21. The molecule has 2 aromatic carbocycles. The van der Waals surface area contributed by atoms with E-state index >= 15 is 0 Å². The first-order valence-corrected chi connectivity index (χ1v) is 8.38. The molecular weight excluding hydrogens is 342 g/mol. The summed E-state index contributed by atoms with van der Waals surface area (Å²) in [7, 11) is 3.26. The van der Waals surface area contributed by atoms with Crippen molar-refractivity contribution in [3.05, 3.63) is 59.9 Å². The molecule has 3 rings (SSSR count). The normalized spacial score (nSPS) is 11.3. The Hall–Kier alpha value is -3.54. The number of nitrogens with two attached hydrogens (primary N) is 1. The maximum absolute atomic E-state index is 11.4. The lowest BCUT2D eigenvalue weighted by atomic mass is 10.0. The monoisotopic (exact) mass is 363 g/mol. The molecular formula is C21H21N3O3. The van der Waals surface area contributed by atoms with Gasteiger partial charge in [0.2, 0.25) is 5.91 Å². The number of ether oxygens (including phenoxy) is 2. The third-order valence-corrected chi connectivity index (χ3v) is 4.21. The zero-order valence-electron chi connectivity index (χ0n) is 15.4. The van der Waals surface area contributed by atoms with Gasteiger partial charge in [-0.3, -0.25) is 4.79 Å². The molecule has 0 saturated heterocycles. The van der Waals surface area contributed by atoms with E-state index in [9.17, 15) is 4.79 Å². The van der Waals surface area contributed by atoms with Crippen molar-refractivity contribution in [2.75, 3.05) is 14.2 Å². The molecule has 3 N–H and O–H groups in total. The molecule has 1 heterocycles. The van der Waals surface area contributed by atoms with Crippen molar-refractivity contribution in [2.45, 2.75) is 6.92 Å². The van der Waals surface area contributed by atoms with Crippen LogP contribution < -0.4 is 15.2 Å². The van der Waals surface area contributed by atoms with Gasteiger partial charge in [0.05, 0.1) is 25.6 Å². The van der Waals surface area contributed by atoms with Crippen molar-refractivity contribution in [1.29, 1.82) is 0 Å².